The number of sulfonamides is 1. The molecule has 1 N–H and O–H groups in total. The molecule has 160 valence electrons. The van der Waals surface area contributed by atoms with Gasteiger partial charge in [0.25, 0.3) is 0 Å². The van der Waals surface area contributed by atoms with Crippen LogP contribution in [0.25, 0.3) is 0 Å². The van der Waals surface area contributed by atoms with Crippen molar-refractivity contribution in [1.82, 2.24) is 24.5 Å². The van der Waals surface area contributed by atoms with Gasteiger partial charge in [0.05, 0.1) is 4.90 Å². The molecule has 0 bridgehead atoms. The van der Waals surface area contributed by atoms with Crippen LogP contribution in [-0.2, 0) is 10.0 Å². The third kappa shape index (κ3) is 4.36. The standard InChI is InChI=1S/C22H24N6O2S/c1-2-19-21(27-31(29,30)18-6-4-3-5-7-18)11-10-20(22(19)28-14-25-26-15-28)16-8-9-17(12-23)24-13-16/h3-9,13-15,19-22,27H,2,10-11H2,1H3/t19?,20?,21-,22-/m0/s1. The molecule has 2 heterocycles. The van der Waals surface area contributed by atoms with Gasteiger partial charge in [0, 0.05) is 24.2 Å². The summed E-state index contributed by atoms with van der Waals surface area (Å²) >= 11 is 0. The van der Waals surface area contributed by atoms with Crippen molar-refractivity contribution in [3.63, 3.8) is 0 Å². The van der Waals surface area contributed by atoms with Crippen LogP contribution in [0.15, 0.2) is 66.2 Å². The van der Waals surface area contributed by atoms with Gasteiger partial charge in [0.15, 0.2) is 0 Å². The summed E-state index contributed by atoms with van der Waals surface area (Å²) in [7, 11) is -3.63. The smallest absolute Gasteiger partial charge is 0.240 e. The highest BCUT2D eigenvalue weighted by atomic mass is 32.2. The first-order valence-corrected chi connectivity index (χ1v) is 11.8. The first-order chi connectivity index (χ1) is 15.0. The van der Waals surface area contributed by atoms with E-state index < -0.39 is 10.0 Å². The zero-order valence-corrected chi connectivity index (χ0v) is 18.0. The van der Waals surface area contributed by atoms with E-state index in [1.54, 1.807) is 55.2 Å². The quantitative estimate of drug-likeness (QED) is 0.635. The van der Waals surface area contributed by atoms with E-state index in [0.717, 1.165) is 18.4 Å². The van der Waals surface area contributed by atoms with Gasteiger partial charge >= 0.3 is 0 Å². The molecule has 0 spiro atoms. The van der Waals surface area contributed by atoms with E-state index in [1.165, 1.54) is 0 Å². The van der Waals surface area contributed by atoms with Crippen LogP contribution in [-0.4, -0.2) is 34.2 Å². The average molecular weight is 437 g/mol. The van der Waals surface area contributed by atoms with E-state index in [4.69, 9.17) is 5.26 Å². The second-order valence-electron chi connectivity index (χ2n) is 7.79. The molecule has 1 aliphatic rings. The molecule has 3 aromatic rings. The summed E-state index contributed by atoms with van der Waals surface area (Å²) < 4.78 is 30.9. The molecule has 0 saturated heterocycles. The summed E-state index contributed by atoms with van der Waals surface area (Å²) in [5, 5.41) is 17.0. The number of nitrogens with one attached hydrogen (secondary N) is 1. The first kappa shape index (κ1) is 21.2. The normalized spacial score (nSPS) is 23.9. The van der Waals surface area contributed by atoms with E-state index in [2.05, 4.69) is 32.9 Å². The van der Waals surface area contributed by atoms with Gasteiger partial charge in [0.1, 0.15) is 24.4 Å². The van der Waals surface area contributed by atoms with Crippen molar-refractivity contribution in [3.05, 3.63) is 72.6 Å². The minimum absolute atomic E-state index is 0.0314. The highest BCUT2D eigenvalue weighted by molar-refractivity contribution is 7.89. The molecule has 1 fully saturated rings. The molecule has 1 aromatic carbocycles. The molecular formula is C22H24N6O2S. The lowest BCUT2D eigenvalue weighted by Gasteiger charge is -2.43. The van der Waals surface area contributed by atoms with Gasteiger partial charge in [-0.3, -0.25) is 0 Å². The topological polar surface area (TPSA) is 114 Å². The molecule has 1 aliphatic carbocycles. The molecule has 2 unspecified atom stereocenters. The molecule has 4 atom stereocenters. The lowest BCUT2D eigenvalue weighted by molar-refractivity contribution is 0.163. The predicted octanol–water partition coefficient (Wildman–Crippen LogP) is 3.04. The Morgan fingerprint density at radius 1 is 1.13 bits per heavy atom. The Labute approximate surface area is 182 Å². The SMILES string of the molecule is CCC1[C@H](n2cnnc2)C(c2ccc(C#N)nc2)CC[C@@H]1NS(=O)(=O)c1ccccc1. The number of hydrogen-bond donors (Lipinski definition) is 1. The second kappa shape index (κ2) is 8.96. The summed E-state index contributed by atoms with van der Waals surface area (Å²) in [5.41, 5.74) is 1.40. The van der Waals surface area contributed by atoms with E-state index >= 15 is 0 Å². The lowest BCUT2D eigenvalue weighted by Crippen LogP contribution is -2.47. The van der Waals surface area contributed by atoms with Crippen LogP contribution < -0.4 is 4.72 Å². The first-order valence-electron chi connectivity index (χ1n) is 10.3. The van der Waals surface area contributed by atoms with Gasteiger partial charge in [-0.05, 0) is 48.9 Å². The summed E-state index contributed by atoms with van der Waals surface area (Å²) in [4.78, 5) is 4.51. The molecular weight excluding hydrogens is 412 g/mol. The van der Waals surface area contributed by atoms with Gasteiger partial charge in [-0.2, -0.15) is 5.26 Å². The number of aromatic nitrogens is 4. The Bertz CT molecular complexity index is 1140. The zero-order chi connectivity index (χ0) is 21.8. The largest absolute Gasteiger partial charge is 0.316 e. The van der Waals surface area contributed by atoms with Gasteiger partial charge in [-0.25, -0.2) is 18.1 Å². The van der Waals surface area contributed by atoms with Crippen molar-refractivity contribution in [2.24, 2.45) is 5.92 Å². The van der Waals surface area contributed by atoms with Gasteiger partial charge in [-0.1, -0.05) is 31.2 Å². The van der Waals surface area contributed by atoms with Crippen molar-refractivity contribution in [1.29, 1.82) is 5.26 Å². The second-order valence-corrected chi connectivity index (χ2v) is 9.50. The van der Waals surface area contributed by atoms with Crippen LogP contribution in [0.4, 0.5) is 0 Å². The molecule has 0 amide bonds. The molecule has 2 aromatic heterocycles. The summed E-state index contributed by atoms with van der Waals surface area (Å²) in [6.45, 7) is 2.07. The molecule has 0 radical (unpaired) electrons. The van der Waals surface area contributed by atoms with Crippen LogP contribution >= 0.6 is 0 Å². The van der Waals surface area contributed by atoms with Gasteiger partial charge in [0.2, 0.25) is 10.0 Å². The number of hydrogen-bond acceptors (Lipinski definition) is 6. The van der Waals surface area contributed by atoms with Crippen molar-refractivity contribution >= 4 is 10.0 Å². The maximum absolute atomic E-state index is 13.0. The summed E-state index contributed by atoms with van der Waals surface area (Å²) in [6.07, 6.45) is 7.38. The third-order valence-corrected chi connectivity index (χ3v) is 7.60. The maximum atomic E-state index is 13.0. The Morgan fingerprint density at radius 2 is 1.87 bits per heavy atom. The number of nitriles is 1. The van der Waals surface area contributed by atoms with E-state index in [1.807, 2.05) is 10.6 Å². The van der Waals surface area contributed by atoms with Gasteiger partial charge < -0.3 is 4.57 Å². The van der Waals surface area contributed by atoms with Crippen molar-refractivity contribution in [2.45, 2.75) is 49.1 Å². The summed E-state index contributed by atoms with van der Waals surface area (Å²) in [6, 6.07) is 13.9. The predicted molar refractivity (Wildman–Crippen MR) is 114 cm³/mol. The molecule has 0 aliphatic heterocycles. The Balaban J connectivity index is 1.66. The minimum Gasteiger partial charge on any atom is -0.316 e. The average Bonchev–Trinajstić information content (AvgIpc) is 3.34. The molecule has 9 heteroatoms. The van der Waals surface area contributed by atoms with E-state index in [-0.39, 0.29) is 28.8 Å². The third-order valence-electron chi connectivity index (χ3n) is 6.10. The molecule has 8 nitrogen and oxygen atoms in total. The fourth-order valence-electron chi connectivity index (χ4n) is 4.67. The van der Waals surface area contributed by atoms with Crippen LogP contribution in [0.3, 0.4) is 0 Å². The lowest BCUT2D eigenvalue weighted by atomic mass is 9.70. The van der Waals surface area contributed by atoms with Crippen molar-refractivity contribution in [2.75, 3.05) is 0 Å². The van der Waals surface area contributed by atoms with E-state index in [9.17, 15) is 8.42 Å². The van der Waals surface area contributed by atoms with Crippen LogP contribution in [0.1, 0.15) is 49.4 Å². The number of benzene rings is 1. The minimum atomic E-state index is -3.63. The molecule has 4 rings (SSSR count). The molecule has 1 saturated carbocycles. The molecule has 31 heavy (non-hydrogen) atoms. The Hall–Kier alpha value is -3.09. The highest BCUT2D eigenvalue weighted by Crippen LogP contribution is 2.46. The Morgan fingerprint density at radius 3 is 2.48 bits per heavy atom. The fourth-order valence-corrected chi connectivity index (χ4v) is 6.01. The summed E-state index contributed by atoms with van der Waals surface area (Å²) in [5.74, 6) is 0.141. The van der Waals surface area contributed by atoms with Crippen LogP contribution in [0, 0.1) is 17.2 Å². The van der Waals surface area contributed by atoms with Crippen molar-refractivity contribution in [3.8, 4) is 6.07 Å². The zero-order valence-electron chi connectivity index (χ0n) is 17.2. The van der Waals surface area contributed by atoms with E-state index in [0.29, 0.717) is 12.1 Å². The van der Waals surface area contributed by atoms with Crippen LogP contribution in [0.5, 0.6) is 0 Å². The van der Waals surface area contributed by atoms with Crippen LogP contribution in [0.2, 0.25) is 0 Å². The Kier molecular flexibility index (Phi) is 6.11. The number of nitrogens with zero attached hydrogens (tertiary/aromatic N) is 5. The van der Waals surface area contributed by atoms with Crippen molar-refractivity contribution < 1.29 is 8.42 Å². The maximum Gasteiger partial charge on any atom is 0.240 e. The fraction of sp³-hybridized carbons (Fsp3) is 0.364. The number of rotatable bonds is 6. The number of pyridine rings is 1. The highest BCUT2D eigenvalue weighted by Gasteiger charge is 2.42. The monoisotopic (exact) mass is 436 g/mol. The van der Waals surface area contributed by atoms with Gasteiger partial charge in [-0.15, -0.1) is 10.2 Å².